The summed E-state index contributed by atoms with van der Waals surface area (Å²) in [6, 6.07) is 0. The largest absolute Gasteiger partial charge is 0.432 e. The minimum atomic E-state index is -0.300. The number of allylic oxidation sites excluding steroid dienone is 3. The van der Waals surface area contributed by atoms with E-state index in [9.17, 15) is 4.79 Å². The van der Waals surface area contributed by atoms with Crippen molar-refractivity contribution in [1.29, 1.82) is 0 Å². The molecule has 9 heavy (non-hydrogen) atoms. The summed E-state index contributed by atoms with van der Waals surface area (Å²) >= 11 is 0. The van der Waals surface area contributed by atoms with Crippen molar-refractivity contribution in [2.45, 2.75) is 13.8 Å². The molecule has 2 nitrogen and oxygen atoms in total. The molecule has 0 heterocycles. The van der Waals surface area contributed by atoms with Gasteiger partial charge in [-0.05, 0) is 13.0 Å². The fourth-order valence-electron chi connectivity index (χ4n) is 0.427. The Bertz CT molecular complexity index is 145. The highest BCUT2D eigenvalue weighted by molar-refractivity contribution is 5.67. The molecule has 0 rings (SSSR count). The maximum absolute atomic E-state index is 10.2. The zero-order valence-corrected chi connectivity index (χ0v) is 5.68. The van der Waals surface area contributed by atoms with Crippen LogP contribution in [0.4, 0.5) is 0 Å². The first-order chi connectivity index (χ1) is 4.16. The van der Waals surface area contributed by atoms with Gasteiger partial charge in [-0.2, -0.15) is 0 Å². The van der Waals surface area contributed by atoms with E-state index in [1.165, 1.54) is 6.92 Å². The van der Waals surface area contributed by atoms with Crippen molar-refractivity contribution in [3.8, 4) is 0 Å². The van der Waals surface area contributed by atoms with E-state index in [0.29, 0.717) is 5.76 Å². The smallest absolute Gasteiger partial charge is 0.307 e. The van der Waals surface area contributed by atoms with Crippen molar-refractivity contribution >= 4 is 5.97 Å². The first-order valence-corrected chi connectivity index (χ1v) is 2.64. The molecular weight excluding hydrogens is 116 g/mol. The second kappa shape index (κ2) is 3.89. The molecule has 0 aromatic carbocycles. The van der Waals surface area contributed by atoms with Gasteiger partial charge in [0.25, 0.3) is 0 Å². The monoisotopic (exact) mass is 126 g/mol. The van der Waals surface area contributed by atoms with E-state index in [2.05, 4.69) is 11.3 Å². The number of hydrogen-bond acceptors (Lipinski definition) is 2. The molecule has 50 valence electrons. The molecular formula is C7H10O2. The van der Waals surface area contributed by atoms with E-state index in [1.807, 2.05) is 0 Å². The SMILES string of the molecule is C=C/C=C(/C)OC(C)=O. The quantitative estimate of drug-likeness (QED) is 0.319. The Kier molecular flexibility index (Phi) is 3.44. The molecule has 0 bridgehead atoms. The predicted octanol–water partition coefficient (Wildman–Crippen LogP) is 1.64. The summed E-state index contributed by atoms with van der Waals surface area (Å²) in [4.78, 5) is 10.2. The van der Waals surface area contributed by atoms with Crippen molar-refractivity contribution in [2.75, 3.05) is 0 Å². The summed E-state index contributed by atoms with van der Waals surface area (Å²) in [5.74, 6) is 0.267. The van der Waals surface area contributed by atoms with Gasteiger partial charge in [0.15, 0.2) is 0 Å². The van der Waals surface area contributed by atoms with Gasteiger partial charge >= 0.3 is 5.97 Å². The van der Waals surface area contributed by atoms with Gasteiger partial charge in [0.2, 0.25) is 0 Å². The molecule has 2 heteroatoms. The zero-order chi connectivity index (χ0) is 7.28. The van der Waals surface area contributed by atoms with Gasteiger partial charge < -0.3 is 4.74 Å². The van der Waals surface area contributed by atoms with Crippen molar-refractivity contribution in [2.24, 2.45) is 0 Å². The lowest BCUT2D eigenvalue weighted by Crippen LogP contribution is -1.94. The van der Waals surface area contributed by atoms with Crippen LogP contribution in [0.2, 0.25) is 0 Å². The topological polar surface area (TPSA) is 26.3 Å². The maximum Gasteiger partial charge on any atom is 0.307 e. The summed E-state index contributed by atoms with van der Waals surface area (Å²) in [5.41, 5.74) is 0. The van der Waals surface area contributed by atoms with Crippen LogP contribution < -0.4 is 0 Å². The highest BCUT2D eigenvalue weighted by atomic mass is 16.5. The van der Waals surface area contributed by atoms with Crippen LogP contribution in [-0.2, 0) is 9.53 Å². The molecule has 0 atom stereocenters. The van der Waals surface area contributed by atoms with E-state index in [4.69, 9.17) is 0 Å². The normalized spacial score (nSPS) is 10.7. The van der Waals surface area contributed by atoms with Crippen LogP contribution in [0.15, 0.2) is 24.5 Å². The van der Waals surface area contributed by atoms with Crippen molar-refractivity contribution < 1.29 is 9.53 Å². The highest BCUT2D eigenvalue weighted by Gasteiger charge is 1.90. The molecule has 0 saturated carbocycles. The second-order valence-electron chi connectivity index (χ2n) is 1.61. The average Bonchev–Trinajstić information content (AvgIpc) is 1.63. The molecule has 0 amide bonds. The zero-order valence-electron chi connectivity index (χ0n) is 5.68. The molecule has 0 aliphatic carbocycles. The summed E-state index contributed by atoms with van der Waals surface area (Å²) in [6.45, 7) is 6.50. The molecule has 0 aromatic rings. The molecule has 0 aromatic heterocycles. The Hall–Kier alpha value is -1.05. The highest BCUT2D eigenvalue weighted by Crippen LogP contribution is 1.94. The van der Waals surface area contributed by atoms with Gasteiger partial charge in [-0.15, -0.1) is 0 Å². The lowest BCUT2D eigenvalue weighted by atomic mass is 10.5. The number of esters is 1. The van der Waals surface area contributed by atoms with Crippen molar-refractivity contribution in [1.82, 2.24) is 0 Å². The first kappa shape index (κ1) is 7.95. The molecule has 0 N–H and O–H groups in total. The fourth-order valence-corrected chi connectivity index (χ4v) is 0.427. The average molecular weight is 126 g/mol. The third kappa shape index (κ3) is 4.81. The van der Waals surface area contributed by atoms with Gasteiger partial charge in [0.1, 0.15) is 5.76 Å². The minimum absolute atomic E-state index is 0.300. The number of carbonyl (C=O) groups is 1. The van der Waals surface area contributed by atoms with E-state index in [-0.39, 0.29) is 5.97 Å². The molecule has 0 aliphatic heterocycles. The van der Waals surface area contributed by atoms with Gasteiger partial charge in [-0.3, -0.25) is 4.79 Å². The molecule has 0 saturated heterocycles. The van der Waals surface area contributed by atoms with Crippen LogP contribution in [0.3, 0.4) is 0 Å². The Morgan fingerprint density at radius 3 is 2.44 bits per heavy atom. The van der Waals surface area contributed by atoms with E-state index in [0.717, 1.165) is 0 Å². The van der Waals surface area contributed by atoms with Crippen LogP contribution in [0, 0.1) is 0 Å². The maximum atomic E-state index is 10.2. The molecule has 0 fully saturated rings. The molecule has 0 radical (unpaired) electrons. The van der Waals surface area contributed by atoms with Crippen LogP contribution in [0.5, 0.6) is 0 Å². The number of rotatable bonds is 2. The molecule has 0 unspecified atom stereocenters. The Labute approximate surface area is 54.8 Å². The lowest BCUT2D eigenvalue weighted by molar-refractivity contribution is -0.136. The van der Waals surface area contributed by atoms with Gasteiger partial charge in [-0.25, -0.2) is 0 Å². The second-order valence-corrected chi connectivity index (χ2v) is 1.61. The fraction of sp³-hybridized carbons (Fsp3) is 0.286. The molecule has 0 spiro atoms. The number of carbonyl (C=O) groups excluding carboxylic acids is 1. The number of ether oxygens (including phenoxy) is 1. The minimum Gasteiger partial charge on any atom is -0.432 e. The van der Waals surface area contributed by atoms with Gasteiger partial charge in [0.05, 0.1) is 0 Å². The van der Waals surface area contributed by atoms with E-state index >= 15 is 0 Å². The van der Waals surface area contributed by atoms with Crippen LogP contribution in [0.25, 0.3) is 0 Å². The summed E-state index contributed by atoms with van der Waals surface area (Å²) < 4.78 is 4.64. The summed E-state index contributed by atoms with van der Waals surface area (Å²) in [7, 11) is 0. The summed E-state index contributed by atoms with van der Waals surface area (Å²) in [6.07, 6.45) is 3.19. The van der Waals surface area contributed by atoms with Crippen LogP contribution in [0.1, 0.15) is 13.8 Å². The Morgan fingerprint density at radius 2 is 2.11 bits per heavy atom. The summed E-state index contributed by atoms with van der Waals surface area (Å²) in [5, 5.41) is 0. The van der Waals surface area contributed by atoms with Crippen LogP contribution in [-0.4, -0.2) is 5.97 Å². The van der Waals surface area contributed by atoms with Gasteiger partial charge in [0, 0.05) is 6.92 Å². The Morgan fingerprint density at radius 1 is 1.56 bits per heavy atom. The lowest BCUT2D eigenvalue weighted by Gasteiger charge is -1.96. The van der Waals surface area contributed by atoms with E-state index in [1.54, 1.807) is 19.1 Å². The first-order valence-electron chi connectivity index (χ1n) is 2.64. The third-order valence-corrected chi connectivity index (χ3v) is 0.657. The Balaban J connectivity index is 3.75. The predicted molar refractivity (Wildman–Crippen MR) is 35.7 cm³/mol. The van der Waals surface area contributed by atoms with E-state index < -0.39 is 0 Å². The van der Waals surface area contributed by atoms with Crippen molar-refractivity contribution in [3.05, 3.63) is 24.5 Å². The standard InChI is InChI=1S/C7H10O2/c1-4-5-6(2)9-7(3)8/h4-5H,1H2,2-3H3/b6-5-. The molecule has 0 aliphatic rings. The van der Waals surface area contributed by atoms with Gasteiger partial charge in [-0.1, -0.05) is 12.7 Å². The third-order valence-electron chi connectivity index (χ3n) is 0.657. The number of hydrogen-bond donors (Lipinski definition) is 0. The van der Waals surface area contributed by atoms with Crippen molar-refractivity contribution in [3.63, 3.8) is 0 Å². The van der Waals surface area contributed by atoms with Crippen LogP contribution >= 0.6 is 0 Å².